The second kappa shape index (κ2) is 17.8. The van der Waals surface area contributed by atoms with E-state index < -0.39 is 108 Å². The number of cyclic esters (lactones) is 1. The van der Waals surface area contributed by atoms with Crippen LogP contribution in [-0.4, -0.2) is 166 Å². The van der Waals surface area contributed by atoms with E-state index in [1.807, 2.05) is 6.92 Å². The smallest absolute Gasteiger partial charge is 0.311 e. The molecule has 0 saturated carbocycles. The molecule has 3 saturated heterocycles. The van der Waals surface area contributed by atoms with Gasteiger partial charge < -0.3 is 63.8 Å². The summed E-state index contributed by atoms with van der Waals surface area (Å²) in [5, 5.41) is 58.7. The van der Waals surface area contributed by atoms with Crippen LogP contribution in [0.15, 0.2) is 0 Å². The van der Waals surface area contributed by atoms with Crippen molar-refractivity contribution in [1.82, 2.24) is 9.80 Å². The molecule has 3 aliphatic heterocycles. The number of methoxy groups -OCH3 is 1. The molecular weight excluding hydrogens is 676 g/mol. The molecule has 0 aromatic rings. The van der Waals surface area contributed by atoms with Crippen LogP contribution in [0.2, 0.25) is 0 Å². The van der Waals surface area contributed by atoms with E-state index in [0.717, 1.165) is 0 Å². The molecule has 14 nitrogen and oxygen atoms in total. The maximum Gasteiger partial charge on any atom is 0.311 e. The Morgan fingerprint density at radius 3 is 2.15 bits per heavy atom. The minimum Gasteiger partial charge on any atom is -0.459 e. The van der Waals surface area contributed by atoms with Crippen molar-refractivity contribution in [2.24, 2.45) is 17.8 Å². The predicted octanol–water partition coefficient (Wildman–Crippen LogP) is 1.90. The monoisotopic (exact) mass is 752 g/mol. The fourth-order valence-corrected chi connectivity index (χ4v) is 8.29. The van der Waals surface area contributed by atoms with Crippen molar-refractivity contribution in [2.75, 3.05) is 34.8 Å². The molecule has 0 amide bonds. The molecule has 0 spiro atoms. The molecular formula is C38H72N2O12. The number of esters is 1. The van der Waals surface area contributed by atoms with Gasteiger partial charge in [-0.2, -0.15) is 0 Å². The summed E-state index contributed by atoms with van der Waals surface area (Å²) in [6, 6.07) is -1.67. The Kier molecular flexibility index (Phi) is 14.0. The number of aliphatic hydroxyl groups is 5. The molecule has 0 aromatic heterocycles. The molecule has 52 heavy (non-hydrogen) atoms. The number of carbonyl (C=O) groups excluding carboxylic acids is 1. The van der Waals surface area contributed by atoms with Crippen molar-refractivity contribution in [3.05, 3.63) is 0 Å². The summed E-state index contributed by atoms with van der Waals surface area (Å²) < 4.78 is 63.6. The third-order valence-corrected chi connectivity index (χ3v) is 11.7. The van der Waals surface area contributed by atoms with Crippen LogP contribution in [0.25, 0.3) is 0 Å². The third kappa shape index (κ3) is 10.0. The van der Waals surface area contributed by atoms with Gasteiger partial charge in [-0.1, -0.05) is 20.8 Å². The summed E-state index contributed by atoms with van der Waals surface area (Å²) in [4.78, 5) is 17.7. The highest BCUT2D eigenvalue weighted by molar-refractivity contribution is 5.73. The van der Waals surface area contributed by atoms with Gasteiger partial charge in [-0.15, -0.1) is 0 Å². The molecule has 3 aliphatic rings. The first-order valence-corrected chi connectivity index (χ1v) is 18.8. The summed E-state index contributed by atoms with van der Waals surface area (Å²) >= 11 is 0. The van der Waals surface area contributed by atoms with Gasteiger partial charge in [0.1, 0.15) is 29.9 Å². The van der Waals surface area contributed by atoms with E-state index in [1.54, 1.807) is 72.5 Å². The van der Waals surface area contributed by atoms with Crippen molar-refractivity contribution in [1.29, 1.82) is 0 Å². The number of hydrogen-bond acceptors (Lipinski definition) is 14. The standard InChI is InChI=1S/C38H72N2O12/c1-15-27-38(10,46)31(42)24(6)40(13)19-20(2)17-36(8,45)33(52-35-29(41)26(39(11)12)16-21(3)48-35)22(4)30(23(5)34(44)50-27)51-28-18-37(9,47-14)32(43)25(7)49-28/h20-33,35,41-43,45-46H,15-19H2,1-14H3/t20-,21?,22+,23-,24-,25?,26?,27-,28?,29?,30+,31-,32?,33-,35?,36-,37?,38-/m1/s1/i29D,31D,32D. The molecule has 14 heteroatoms. The Morgan fingerprint density at radius 2 is 1.60 bits per heavy atom. The highest BCUT2D eigenvalue weighted by Crippen LogP contribution is 2.40. The number of likely N-dealkylation sites (N-methyl/N-ethyl adjacent to an activating group) is 2. The van der Waals surface area contributed by atoms with Crippen LogP contribution in [-0.2, 0) is 33.2 Å². The highest BCUT2D eigenvalue weighted by atomic mass is 16.7. The summed E-state index contributed by atoms with van der Waals surface area (Å²) in [5.74, 6) is -3.31. The van der Waals surface area contributed by atoms with Crippen LogP contribution in [0.3, 0.4) is 0 Å². The van der Waals surface area contributed by atoms with Gasteiger partial charge in [0.05, 0.1) is 45.6 Å². The van der Waals surface area contributed by atoms with Gasteiger partial charge in [0.25, 0.3) is 0 Å². The van der Waals surface area contributed by atoms with Crippen molar-refractivity contribution < 1.29 is 62.9 Å². The normalized spacial score (nSPS) is 54.7. The Labute approximate surface area is 316 Å². The third-order valence-electron chi connectivity index (χ3n) is 11.7. The van der Waals surface area contributed by atoms with Crippen LogP contribution in [0.1, 0.15) is 99.0 Å². The summed E-state index contributed by atoms with van der Waals surface area (Å²) in [6.45, 7) is 16.3. The zero-order chi connectivity index (χ0) is 42.4. The highest BCUT2D eigenvalue weighted by Gasteiger charge is 2.52. The van der Waals surface area contributed by atoms with Crippen LogP contribution in [0, 0.1) is 17.8 Å². The minimum atomic E-state index is -2.52. The van der Waals surface area contributed by atoms with Gasteiger partial charge in [-0.25, -0.2) is 0 Å². The van der Waals surface area contributed by atoms with Gasteiger partial charge in [0.15, 0.2) is 12.6 Å². The largest absolute Gasteiger partial charge is 0.459 e. The van der Waals surface area contributed by atoms with Gasteiger partial charge in [0, 0.05) is 38.1 Å². The topological polar surface area (TPSA) is 180 Å². The Hall–Kier alpha value is -1.01. The van der Waals surface area contributed by atoms with Crippen LogP contribution in [0.4, 0.5) is 0 Å². The average Bonchev–Trinajstić information content (AvgIpc) is 3.06. The van der Waals surface area contributed by atoms with E-state index in [2.05, 4.69) is 0 Å². The number of rotatable bonds is 7. The summed E-state index contributed by atoms with van der Waals surface area (Å²) in [7, 11) is 6.54. The van der Waals surface area contributed by atoms with E-state index >= 15 is 0 Å². The van der Waals surface area contributed by atoms with Gasteiger partial charge in [-0.05, 0) is 94.8 Å². The maximum atomic E-state index is 14.3. The van der Waals surface area contributed by atoms with Crippen molar-refractivity contribution in [3.8, 4) is 0 Å². The van der Waals surface area contributed by atoms with Crippen LogP contribution < -0.4 is 0 Å². The molecule has 306 valence electrons. The zero-order valence-electron chi connectivity index (χ0n) is 37.0. The fourth-order valence-electron chi connectivity index (χ4n) is 8.29. The van der Waals surface area contributed by atoms with Gasteiger partial charge in [-0.3, -0.25) is 4.79 Å². The quantitative estimate of drug-likeness (QED) is 0.238. The lowest BCUT2D eigenvalue weighted by molar-refractivity contribution is -0.318. The van der Waals surface area contributed by atoms with E-state index in [-0.39, 0.29) is 31.7 Å². The molecule has 0 aliphatic carbocycles. The molecule has 18 atom stereocenters. The molecule has 3 heterocycles. The lowest BCUT2D eigenvalue weighted by Gasteiger charge is -2.48. The lowest BCUT2D eigenvalue weighted by atomic mass is 9.77. The minimum absolute atomic E-state index is 0.0465. The van der Waals surface area contributed by atoms with Crippen LogP contribution >= 0.6 is 0 Å². The van der Waals surface area contributed by atoms with E-state index in [0.29, 0.717) is 6.42 Å². The Bertz CT molecular complexity index is 1290. The van der Waals surface area contributed by atoms with E-state index in [9.17, 15) is 30.3 Å². The second-order valence-corrected chi connectivity index (χ2v) is 16.6. The van der Waals surface area contributed by atoms with Gasteiger partial charge >= 0.3 is 5.97 Å². The molecule has 0 radical (unpaired) electrons. The molecule has 5 N–H and O–H groups in total. The molecule has 0 aromatic carbocycles. The average molecular weight is 752 g/mol. The molecule has 0 bridgehead atoms. The first-order valence-electron chi connectivity index (χ1n) is 20.3. The molecule has 8 unspecified atom stereocenters. The first-order chi connectivity index (χ1) is 24.9. The number of carbonyl (C=O) groups is 1. The summed E-state index contributed by atoms with van der Waals surface area (Å²) in [6.07, 6.45) is -14.8. The predicted molar refractivity (Wildman–Crippen MR) is 194 cm³/mol. The second-order valence-electron chi connectivity index (χ2n) is 16.6. The SMILES string of the molecule is [2H]C1(O)C(O[C@@H]2[C@@H](C)[C@H](OC3CC(C)(OC)C([2H])(O)C(C)O3)[C@@H](C)C(=O)O[C@H](CC)[C@@](C)(O)[C@]([2H])(O)[C@@H](C)N(C)C[C@H](C)C[C@@]2(C)O)OC(C)CC1N(C)C. The lowest BCUT2D eigenvalue weighted by Crippen LogP contribution is -2.60. The van der Waals surface area contributed by atoms with E-state index in [1.165, 1.54) is 27.9 Å². The molecule has 3 rings (SSSR count). The van der Waals surface area contributed by atoms with Crippen molar-refractivity contribution in [3.63, 3.8) is 0 Å². The maximum absolute atomic E-state index is 14.3. The molecule has 3 fully saturated rings. The number of nitrogens with zero attached hydrogens (tertiary/aromatic N) is 2. The Balaban J connectivity index is 2.25. The Morgan fingerprint density at radius 1 is 0.981 bits per heavy atom. The van der Waals surface area contributed by atoms with E-state index in [4.69, 9.17) is 32.5 Å². The summed E-state index contributed by atoms with van der Waals surface area (Å²) in [5.41, 5.74) is -5.47. The van der Waals surface area contributed by atoms with Crippen molar-refractivity contribution in [2.45, 2.75) is 185 Å². The zero-order valence-corrected chi connectivity index (χ0v) is 34.0. The van der Waals surface area contributed by atoms with Crippen LogP contribution in [0.5, 0.6) is 0 Å². The fraction of sp³-hybridized carbons (Fsp3) is 0.974. The first kappa shape index (κ1) is 40.6. The number of hydrogen-bond donors (Lipinski definition) is 5. The van der Waals surface area contributed by atoms with Gasteiger partial charge in [0.2, 0.25) is 0 Å². The van der Waals surface area contributed by atoms with Crippen molar-refractivity contribution >= 4 is 5.97 Å². The number of ether oxygens (including phenoxy) is 6.